The first-order chi connectivity index (χ1) is 8.29. The minimum Gasteiger partial charge on any atom is -0.377 e. The largest absolute Gasteiger partial charge is 0.377 e. The van der Waals surface area contributed by atoms with E-state index in [9.17, 15) is 0 Å². The predicted octanol–water partition coefficient (Wildman–Crippen LogP) is 2.77. The van der Waals surface area contributed by atoms with E-state index < -0.39 is 0 Å². The topological polar surface area (TPSA) is 35.2 Å². The number of rotatable bonds is 5. The van der Waals surface area contributed by atoms with Gasteiger partial charge in [0.2, 0.25) is 0 Å². The van der Waals surface area contributed by atoms with Crippen molar-refractivity contribution in [1.82, 2.24) is 0 Å². The molecule has 0 bridgehead atoms. The molecule has 1 aliphatic heterocycles. The number of ether oxygens (including phenoxy) is 1. The van der Waals surface area contributed by atoms with E-state index in [-0.39, 0.29) is 0 Å². The smallest absolute Gasteiger partial charge is 0.0669 e. The molecule has 0 aliphatic carbocycles. The van der Waals surface area contributed by atoms with Crippen molar-refractivity contribution in [3.05, 3.63) is 29.3 Å². The quantitative estimate of drug-likeness (QED) is 0.817. The third kappa shape index (κ3) is 3.73. The summed E-state index contributed by atoms with van der Waals surface area (Å²) in [7, 11) is 0. The van der Waals surface area contributed by atoms with Crippen LogP contribution in [0.1, 0.15) is 24.0 Å². The predicted molar refractivity (Wildman–Crippen MR) is 73.6 cm³/mol. The fraction of sp³-hybridized carbons (Fsp3) is 0.571. The van der Waals surface area contributed by atoms with Gasteiger partial charge in [-0.3, -0.25) is 0 Å². The van der Waals surface area contributed by atoms with Crippen LogP contribution < -0.4 is 5.73 Å². The van der Waals surface area contributed by atoms with E-state index in [1.807, 2.05) is 11.8 Å². The van der Waals surface area contributed by atoms with Gasteiger partial charge in [0.05, 0.1) is 6.10 Å². The molecule has 0 saturated carbocycles. The Labute approximate surface area is 108 Å². The molecule has 1 atom stereocenters. The van der Waals surface area contributed by atoms with Crippen LogP contribution in [0.5, 0.6) is 0 Å². The van der Waals surface area contributed by atoms with Crippen LogP contribution in [-0.2, 0) is 11.2 Å². The lowest BCUT2D eigenvalue weighted by atomic mass is 10.1. The minimum absolute atomic E-state index is 0.462. The van der Waals surface area contributed by atoms with Gasteiger partial charge in [-0.25, -0.2) is 0 Å². The third-order valence-electron chi connectivity index (χ3n) is 3.19. The first-order valence-electron chi connectivity index (χ1n) is 6.33. The molecule has 1 unspecified atom stereocenters. The summed E-state index contributed by atoms with van der Waals surface area (Å²) in [4.78, 5) is 1.35. The fourth-order valence-corrected chi connectivity index (χ4v) is 3.22. The van der Waals surface area contributed by atoms with Gasteiger partial charge in [0, 0.05) is 17.3 Å². The van der Waals surface area contributed by atoms with Gasteiger partial charge in [0.15, 0.2) is 0 Å². The minimum atomic E-state index is 0.462. The maximum atomic E-state index is 5.63. The molecule has 2 nitrogen and oxygen atoms in total. The van der Waals surface area contributed by atoms with Crippen molar-refractivity contribution in [2.75, 3.05) is 18.9 Å². The van der Waals surface area contributed by atoms with Gasteiger partial charge in [-0.2, -0.15) is 0 Å². The lowest BCUT2D eigenvalue weighted by Gasteiger charge is -2.10. The molecule has 0 amide bonds. The summed E-state index contributed by atoms with van der Waals surface area (Å²) >= 11 is 1.90. The standard InChI is InChI=1S/C14H21NOS/c1-11-9-14(5-4-12(11)6-7-15)17-10-13-3-2-8-16-13/h4-5,9,13H,2-3,6-8,10,15H2,1H3. The second-order valence-corrected chi connectivity index (χ2v) is 5.67. The second kappa shape index (κ2) is 6.43. The van der Waals surface area contributed by atoms with Crippen LogP contribution in [-0.4, -0.2) is 25.0 Å². The second-order valence-electron chi connectivity index (χ2n) is 4.57. The molecule has 1 heterocycles. The van der Waals surface area contributed by atoms with Crippen LogP contribution in [0, 0.1) is 6.92 Å². The zero-order valence-corrected chi connectivity index (χ0v) is 11.3. The SMILES string of the molecule is Cc1cc(SCC2CCCO2)ccc1CCN. The van der Waals surface area contributed by atoms with E-state index in [4.69, 9.17) is 10.5 Å². The highest BCUT2D eigenvalue weighted by Crippen LogP contribution is 2.25. The van der Waals surface area contributed by atoms with E-state index in [0.29, 0.717) is 6.10 Å². The molecule has 17 heavy (non-hydrogen) atoms. The first kappa shape index (κ1) is 12.9. The Kier molecular flexibility index (Phi) is 4.89. The van der Waals surface area contributed by atoms with Crippen molar-refractivity contribution in [2.45, 2.75) is 37.2 Å². The summed E-state index contributed by atoms with van der Waals surface area (Å²) in [5.74, 6) is 1.08. The Hall–Kier alpha value is -0.510. The summed E-state index contributed by atoms with van der Waals surface area (Å²) in [5, 5.41) is 0. The number of thioether (sulfide) groups is 1. The molecule has 94 valence electrons. The average Bonchev–Trinajstić information content (AvgIpc) is 2.83. The van der Waals surface area contributed by atoms with Crippen molar-refractivity contribution < 1.29 is 4.74 Å². The summed E-state index contributed by atoms with van der Waals surface area (Å²) in [6, 6.07) is 6.68. The molecule has 2 rings (SSSR count). The monoisotopic (exact) mass is 251 g/mol. The maximum absolute atomic E-state index is 5.63. The summed E-state index contributed by atoms with van der Waals surface area (Å²) < 4.78 is 5.63. The van der Waals surface area contributed by atoms with Crippen LogP contribution in [0.3, 0.4) is 0 Å². The van der Waals surface area contributed by atoms with E-state index in [1.54, 1.807) is 0 Å². The van der Waals surface area contributed by atoms with Crippen molar-refractivity contribution in [2.24, 2.45) is 5.73 Å². The number of nitrogens with two attached hydrogens (primary N) is 1. The van der Waals surface area contributed by atoms with Gasteiger partial charge in [-0.15, -0.1) is 11.8 Å². The van der Waals surface area contributed by atoms with Gasteiger partial charge >= 0.3 is 0 Å². The summed E-state index contributed by atoms with van der Waals surface area (Å²) in [6.45, 7) is 3.84. The van der Waals surface area contributed by atoms with Crippen molar-refractivity contribution >= 4 is 11.8 Å². The molecular formula is C14H21NOS. The Morgan fingerprint density at radius 1 is 1.47 bits per heavy atom. The van der Waals surface area contributed by atoms with Crippen molar-refractivity contribution in [3.63, 3.8) is 0 Å². The van der Waals surface area contributed by atoms with E-state index in [0.717, 1.165) is 25.3 Å². The average molecular weight is 251 g/mol. The van der Waals surface area contributed by atoms with Gasteiger partial charge in [-0.05, 0) is 56.0 Å². The molecule has 1 saturated heterocycles. The Morgan fingerprint density at radius 3 is 3.00 bits per heavy atom. The van der Waals surface area contributed by atoms with Crippen LogP contribution in [0.15, 0.2) is 23.1 Å². The number of hydrogen-bond acceptors (Lipinski definition) is 3. The number of benzene rings is 1. The molecule has 1 aromatic rings. The molecular weight excluding hydrogens is 230 g/mol. The van der Waals surface area contributed by atoms with Crippen LogP contribution >= 0.6 is 11.8 Å². The van der Waals surface area contributed by atoms with E-state index in [1.165, 1.54) is 28.9 Å². The molecule has 1 aromatic carbocycles. The fourth-order valence-electron chi connectivity index (χ4n) is 2.16. The van der Waals surface area contributed by atoms with Gasteiger partial charge in [0.25, 0.3) is 0 Å². The Morgan fingerprint density at radius 2 is 2.35 bits per heavy atom. The molecule has 1 aliphatic rings. The van der Waals surface area contributed by atoms with Gasteiger partial charge in [0.1, 0.15) is 0 Å². The number of hydrogen-bond donors (Lipinski definition) is 1. The zero-order valence-electron chi connectivity index (χ0n) is 10.4. The molecule has 0 aromatic heterocycles. The zero-order chi connectivity index (χ0) is 12.1. The van der Waals surface area contributed by atoms with E-state index >= 15 is 0 Å². The maximum Gasteiger partial charge on any atom is 0.0669 e. The van der Waals surface area contributed by atoms with Crippen molar-refractivity contribution in [1.29, 1.82) is 0 Å². The molecule has 3 heteroatoms. The van der Waals surface area contributed by atoms with Crippen molar-refractivity contribution in [3.8, 4) is 0 Å². The highest BCUT2D eigenvalue weighted by Gasteiger charge is 2.15. The highest BCUT2D eigenvalue weighted by molar-refractivity contribution is 7.99. The lowest BCUT2D eigenvalue weighted by Crippen LogP contribution is -2.07. The van der Waals surface area contributed by atoms with Crippen LogP contribution in [0.4, 0.5) is 0 Å². The van der Waals surface area contributed by atoms with E-state index in [2.05, 4.69) is 25.1 Å². The molecule has 0 spiro atoms. The molecule has 0 radical (unpaired) electrons. The highest BCUT2D eigenvalue weighted by atomic mass is 32.2. The molecule has 1 fully saturated rings. The first-order valence-corrected chi connectivity index (χ1v) is 7.32. The Bertz CT molecular complexity index is 361. The third-order valence-corrected chi connectivity index (χ3v) is 4.31. The van der Waals surface area contributed by atoms with Crippen LogP contribution in [0.2, 0.25) is 0 Å². The normalized spacial score (nSPS) is 19.8. The molecule has 2 N–H and O–H groups in total. The summed E-state index contributed by atoms with van der Waals surface area (Å²) in [5.41, 5.74) is 8.31. The van der Waals surface area contributed by atoms with Crippen LogP contribution in [0.25, 0.3) is 0 Å². The number of aryl methyl sites for hydroxylation is 1. The Balaban J connectivity index is 1.90. The van der Waals surface area contributed by atoms with Gasteiger partial charge in [-0.1, -0.05) is 6.07 Å². The lowest BCUT2D eigenvalue weighted by molar-refractivity contribution is 0.129. The van der Waals surface area contributed by atoms with Gasteiger partial charge < -0.3 is 10.5 Å². The summed E-state index contributed by atoms with van der Waals surface area (Å²) in [6.07, 6.45) is 3.88.